The summed E-state index contributed by atoms with van der Waals surface area (Å²) in [5, 5.41) is 12.5. The molecule has 0 aliphatic rings. The molecule has 0 saturated carbocycles. The van der Waals surface area contributed by atoms with Gasteiger partial charge in [-0.3, -0.25) is 0 Å². The van der Waals surface area contributed by atoms with Crippen LogP contribution >= 0.6 is 0 Å². The average molecular weight is 529 g/mol. The zero-order valence-corrected chi connectivity index (χ0v) is 22.9. The van der Waals surface area contributed by atoms with Crippen molar-refractivity contribution in [3.8, 4) is 23.7 Å². The maximum Gasteiger partial charge on any atom is 0.0255 e. The summed E-state index contributed by atoms with van der Waals surface area (Å²) in [6.45, 7) is 0. The van der Waals surface area contributed by atoms with Crippen molar-refractivity contribution in [1.29, 1.82) is 0 Å². The first-order valence-electron chi connectivity index (χ1n) is 14.2. The van der Waals surface area contributed by atoms with Gasteiger partial charge in [0.2, 0.25) is 0 Å². The Labute approximate surface area is 244 Å². The Kier molecular flexibility index (Phi) is 5.71. The minimum Gasteiger partial charge on any atom is -0.0622 e. The van der Waals surface area contributed by atoms with Crippen molar-refractivity contribution >= 4 is 53.9 Å². The van der Waals surface area contributed by atoms with Gasteiger partial charge in [0.05, 0.1) is 0 Å². The highest BCUT2D eigenvalue weighted by Crippen LogP contribution is 2.44. The van der Waals surface area contributed by atoms with Crippen molar-refractivity contribution in [2.24, 2.45) is 0 Å². The lowest BCUT2D eigenvalue weighted by atomic mass is 9.86. The van der Waals surface area contributed by atoms with Gasteiger partial charge >= 0.3 is 0 Å². The molecule has 0 nitrogen and oxygen atoms in total. The van der Waals surface area contributed by atoms with Crippen molar-refractivity contribution in [2.45, 2.75) is 0 Å². The molecular formula is C42H24. The minimum absolute atomic E-state index is 1.01. The lowest BCUT2D eigenvalue weighted by Crippen LogP contribution is -1.90. The third kappa shape index (κ3) is 4.07. The van der Waals surface area contributed by atoms with Gasteiger partial charge in [0.15, 0.2) is 0 Å². The number of hydrogen-bond acceptors (Lipinski definition) is 0. The Morgan fingerprint density at radius 3 is 1.00 bits per heavy atom. The van der Waals surface area contributed by atoms with E-state index in [4.69, 9.17) is 0 Å². The molecule has 0 aliphatic carbocycles. The second kappa shape index (κ2) is 9.98. The number of rotatable bonds is 0. The Balaban J connectivity index is 1.49. The number of benzene rings is 8. The third-order valence-corrected chi connectivity index (χ3v) is 8.05. The molecular weight excluding hydrogens is 504 g/mol. The predicted molar refractivity (Wildman–Crippen MR) is 179 cm³/mol. The molecule has 0 bridgehead atoms. The molecule has 0 spiro atoms. The summed E-state index contributed by atoms with van der Waals surface area (Å²) in [4.78, 5) is 0. The molecule has 8 aromatic carbocycles. The fraction of sp³-hybridized carbons (Fsp3) is 0. The van der Waals surface area contributed by atoms with Gasteiger partial charge in [-0.2, -0.15) is 0 Å². The molecule has 0 radical (unpaired) electrons. The molecule has 0 heteroatoms. The van der Waals surface area contributed by atoms with E-state index in [1.807, 2.05) is 36.4 Å². The fourth-order valence-corrected chi connectivity index (χ4v) is 6.16. The van der Waals surface area contributed by atoms with Gasteiger partial charge in [0.25, 0.3) is 0 Å². The SMILES string of the molecule is C(#Cc1ccc2c3ccc(C#Cc4ccccc4)cc3c3c4ccccc4c4ccccc4c3c2c1)c1ccccc1. The van der Waals surface area contributed by atoms with Gasteiger partial charge in [-0.1, -0.05) is 121 Å². The lowest BCUT2D eigenvalue weighted by Gasteiger charge is -2.17. The molecule has 0 fully saturated rings. The molecule has 0 atom stereocenters. The second-order valence-corrected chi connectivity index (χ2v) is 10.6. The molecule has 0 amide bonds. The quantitative estimate of drug-likeness (QED) is 0.136. The largest absolute Gasteiger partial charge is 0.0622 e. The predicted octanol–water partition coefficient (Wildman–Crippen LogP) is 10.3. The summed E-state index contributed by atoms with van der Waals surface area (Å²) in [5.41, 5.74) is 4.05. The van der Waals surface area contributed by atoms with Gasteiger partial charge in [-0.15, -0.1) is 0 Å². The minimum atomic E-state index is 1.01. The van der Waals surface area contributed by atoms with Crippen molar-refractivity contribution in [3.63, 3.8) is 0 Å². The molecule has 42 heavy (non-hydrogen) atoms. The Bertz CT molecular complexity index is 2270. The highest BCUT2D eigenvalue weighted by Gasteiger charge is 2.16. The molecule has 0 N–H and O–H groups in total. The zero-order valence-electron chi connectivity index (χ0n) is 22.9. The van der Waals surface area contributed by atoms with Gasteiger partial charge in [0.1, 0.15) is 0 Å². The number of fused-ring (bicyclic) bond motifs is 11. The van der Waals surface area contributed by atoms with Gasteiger partial charge < -0.3 is 0 Å². The molecule has 0 heterocycles. The maximum atomic E-state index is 3.42. The monoisotopic (exact) mass is 528 g/mol. The summed E-state index contributed by atoms with van der Waals surface area (Å²) >= 11 is 0. The van der Waals surface area contributed by atoms with Crippen LogP contribution in [0.4, 0.5) is 0 Å². The van der Waals surface area contributed by atoms with Crippen LogP contribution in [-0.2, 0) is 0 Å². The molecule has 192 valence electrons. The van der Waals surface area contributed by atoms with E-state index in [9.17, 15) is 0 Å². The highest BCUT2D eigenvalue weighted by molar-refractivity contribution is 6.39. The van der Waals surface area contributed by atoms with Crippen LogP contribution < -0.4 is 0 Å². The smallest absolute Gasteiger partial charge is 0.0255 e. The van der Waals surface area contributed by atoms with Crippen molar-refractivity contribution < 1.29 is 0 Å². The van der Waals surface area contributed by atoms with E-state index in [-0.39, 0.29) is 0 Å². The average Bonchev–Trinajstić information content (AvgIpc) is 3.07. The first kappa shape index (κ1) is 24.0. The maximum absolute atomic E-state index is 3.42. The van der Waals surface area contributed by atoms with Crippen molar-refractivity contribution in [1.82, 2.24) is 0 Å². The molecule has 0 saturated heterocycles. The first-order chi connectivity index (χ1) is 20.8. The summed E-state index contributed by atoms with van der Waals surface area (Å²) in [7, 11) is 0. The van der Waals surface area contributed by atoms with Crippen LogP contribution in [0.25, 0.3) is 53.9 Å². The third-order valence-electron chi connectivity index (χ3n) is 8.05. The van der Waals surface area contributed by atoms with Gasteiger partial charge in [-0.25, -0.2) is 0 Å². The fourth-order valence-electron chi connectivity index (χ4n) is 6.16. The van der Waals surface area contributed by atoms with E-state index < -0.39 is 0 Å². The lowest BCUT2D eigenvalue weighted by molar-refractivity contribution is 1.64. The van der Waals surface area contributed by atoms with Crippen molar-refractivity contribution in [3.05, 3.63) is 168 Å². The van der Waals surface area contributed by atoms with E-state index in [1.165, 1.54) is 53.9 Å². The molecule has 0 aliphatic heterocycles. The number of hydrogen-bond donors (Lipinski definition) is 0. The van der Waals surface area contributed by atoms with Crippen molar-refractivity contribution in [2.75, 3.05) is 0 Å². The van der Waals surface area contributed by atoms with Crippen LogP contribution in [0.3, 0.4) is 0 Å². The van der Waals surface area contributed by atoms with Crippen LogP contribution in [0.2, 0.25) is 0 Å². The van der Waals surface area contributed by atoms with E-state index in [2.05, 4.69) is 133 Å². The van der Waals surface area contributed by atoms with Gasteiger partial charge in [-0.05, 0) is 102 Å². The normalized spacial score (nSPS) is 11.0. The Morgan fingerprint density at radius 2 is 0.571 bits per heavy atom. The van der Waals surface area contributed by atoms with Gasteiger partial charge in [0, 0.05) is 22.3 Å². The van der Waals surface area contributed by atoms with Crippen LogP contribution in [0.5, 0.6) is 0 Å². The summed E-state index contributed by atoms with van der Waals surface area (Å²) in [6, 6.07) is 51.3. The van der Waals surface area contributed by atoms with E-state index in [0.29, 0.717) is 0 Å². The molecule has 0 unspecified atom stereocenters. The van der Waals surface area contributed by atoms with E-state index >= 15 is 0 Å². The second-order valence-electron chi connectivity index (χ2n) is 10.6. The molecule has 0 aromatic heterocycles. The molecule has 8 aromatic rings. The van der Waals surface area contributed by atoms with E-state index in [1.54, 1.807) is 0 Å². The summed E-state index contributed by atoms with van der Waals surface area (Å²) < 4.78 is 0. The van der Waals surface area contributed by atoms with Crippen LogP contribution in [0.15, 0.2) is 146 Å². The highest BCUT2D eigenvalue weighted by atomic mass is 14.2. The van der Waals surface area contributed by atoms with Crippen LogP contribution in [0.1, 0.15) is 22.3 Å². The summed E-state index contributed by atoms with van der Waals surface area (Å²) in [5.74, 6) is 13.5. The Morgan fingerprint density at radius 1 is 0.238 bits per heavy atom. The topological polar surface area (TPSA) is 0 Å². The molecule has 8 rings (SSSR count). The van der Waals surface area contributed by atoms with Crippen LogP contribution in [0, 0.1) is 23.7 Å². The van der Waals surface area contributed by atoms with E-state index in [0.717, 1.165) is 22.3 Å². The zero-order chi connectivity index (χ0) is 27.9. The summed E-state index contributed by atoms with van der Waals surface area (Å²) in [6.07, 6.45) is 0. The standard InChI is InChI=1S/C42H24/c1-3-11-29(12-4-1)19-21-31-23-25-35-36-26-24-32(22-20-30-13-5-2-6-14-30)28-40(36)42-38-18-10-8-16-34(38)33-15-7-9-17-37(33)41(42)39(35)27-31/h1-18,23-28H. The van der Waals surface area contributed by atoms with Crippen LogP contribution in [-0.4, -0.2) is 0 Å². The first-order valence-corrected chi connectivity index (χ1v) is 14.2. The Hall–Kier alpha value is -5.82.